The first-order chi connectivity index (χ1) is 13.6. The fourth-order valence-corrected chi connectivity index (χ4v) is 2.67. The molecule has 10 heteroatoms. The smallest absolute Gasteiger partial charge is 0.326 e. The minimum atomic E-state index is -0.540. The summed E-state index contributed by atoms with van der Waals surface area (Å²) >= 11 is 0. The molecule has 28 heavy (non-hydrogen) atoms. The number of nitrogens with zero attached hydrogens (tertiary/aromatic N) is 5. The van der Waals surface area contributed by atoms with Crippen LogP contribution < -0.4 is 16.6 Å². The Labute approximate surface area is 157 Å². The van der Waals surface area contributed by atoms with Gasteiger partial charge in [-0.25, -0.2) is 4.79 Å². The summed E-state index contributed by atoms with van der Waals surface area (Å²) in [5, 5.41) is 14.9. The van der Waals surface area contributed by atoms with Crippen LogP contribution in [0.15, 0.2) is 64.6 Å². The first kappa shape index (κ1) is 17.3. The number of aromatic amines is 1. The fraction of sp³-hybridized carbons (Fsp3) is 0.111. The lowest BCUT2D eigenvalue weighted by atomic mass is 10.1. The van der Waals surface area contributed by atoms with E-state index in [9.17, 15) is 14.4 Å². The molecule has 1 amide bonds. The van der Waals surface area contributed by atoms with Crippen molar-refractivity contribution in [2.45, 2.75) is 13.0 Å². The van der Waals surface area contributed by atoms with Gasteiger partial charge in [0.05, 0.1) is 5.69 Å². The van der Waals surface area contributed by atoms with Crippen LogP contribution in [0.4, 0.5) is 5.69 Å². The summed E-state index contributed by atoms with van der Waals surface area (Å²) < 4.78 is 2.86. The van der Waals surface area contributed by atoms with Crippen LogP contribution in [0.3, 0.4) is 0 Å². The van der Waals surface area contributed by atoms with E-state index in [4.69, 9.17) is 0 Å². The molecule has 0 saturated heterocycles. The number of carbonyl (C=O) groups is 1. The van der Waals surface area contributed by atoms with Crippen LogP contribution in [0.5, 0.6) is 0 Å². The van der Waals surface area contributed by atoms with E-state index in [1.165, 1.54) is 23.2 Å². The Hall–Kier alpha value is -4.08. The second-order valence-corrected chi connectivity index (χ2v) is 6.03. The van der Waals surface area contributed by atoms with Crippen LogP contribution in [-0.4, -0.2) is 35.3 Å². The molecule has 1 aromatic carbocycles. The van der Waals surface area contributed by atoms with Crippen LogP contribution in [0, 0.1) is 0 Å². The van der Waals surface area contributed by atoms with Gasteiger partial charge in [0.15, 0.2) is 5.65 Å². The van der Waals surface area contributed by atoms with Gasteiger partial charge in [-0.3, -0.25) is 14.6 Å². The molecule has 0 aliphatic carbocycles. The van der Waals surface area contributed by atoms with Crippen molar-refractivity contribution in [3.05, 3.63) is 75.8 Å². The quantitative estimate of drug-likeness (QED) is 0.526. The van der Waals surface area contributed by atoms with Crippen molar-refractivity contribution in [2.24, 2.45) is 0 Å². The molecule has 2 N–H and O–H groups in total. The molecule has 0 aliphatic rings. The topological polar surface area (TPSA) is 127 Å². The van der Waals surface area contributed by atoms with Gasteiger partial charge in [-0.05, 0) is 24.3 Å². The molecule has 0 saturated carbocycles. The van der Waals surface area contributed by atoms with Crippen LogP contribution in [0.2, 0.25) is 0 Å². The highest BCUT2D eigenvalue weighted by molar-refractivity contribution is 5.90. The molecule has 10 nitrogen and oxygen atoms in total. The van der Waals surface area contributed by atoms with E-state index in [1.54, 1.807) is 16.6 Å². The standard InChI is InChI=1S/C18H15N7O3/c26-16(7-9-24-10-8-17(27)21-18(24)28)20-13-3-1-12(2-4-13)14-5-6-15-22-19-11-25(15)23-14/h1-6,8,10-11H,7,9H2,(H,20,26)(H,21,27,28). The predicted octanol–water partition coefficient (Wildman–Crippen LogP) is 0.670. The number of hydrogen-bond donors (Lipinski definition) is 2. The first-order valence-corrected chi connectivity index (χ1v) is 8.46. The zero-order valence-electron chi connectivity index (χ0n) is 14.6. The van der Waals surface area contributed by atoms with Gasteiger partial charge in [-0.2, -0.15) is 9.61 Å². The van der Waals surface area contributed by atoms with Gasteiger partial charge in [0.1, 0.15) is 6.33 Å². The van der Waals surface area contributed by atoms with Crippen LogP contribution in [0.25, 0.3) is 16.9 Å². The third kappa shape index (κ3) is 3.70. The van der Waals surface area contributed by atoms with E-state index < -0.39 is 11.2 Å². The number of aromatic nitrogens is 6. The SMILES string of the molecule is O=C(CCn1ccc(=O)[nH]c1=O)Nc1ccc(-c2ccc3nncn3n2)cc1. The average Bonchev–Trinajstić information content (AvgIpc) is 3.16. The van der Waals surface area contributed by atoms with Crippen molar-refractivity contribution in [3.8, 4) is 11.3 Å². The Morgan fingerprint density at radius 2 is 1.89 bits per heavy atom. The number of carbonyl (C=O) groups excluding carboxylic acids is 1. The maximum Gasteiger partial charge on any atom is 0.328 e. The molecular formula is C18H15N7O3. The van der Waals surface area contributed by atoms with Crippen molar-refractivity contribution >= 4 is 17.2 Å². The molecular weight excluding hydrogens is 362 g/mol. The molecule has 0 unspecified atom stereocenters. The number of fused-ring (bicyclic) bond motifs is 1. The minimum absolute atomic E-state index is 0.0968. The molecule has 0 atom stereocenters. The lowest BCUT2D eigenvalue weighted by molar-refractivity contribution is -0.116. The predicted molar refractivity (Wildman–Crippen MR) is 101 cm³/mol. The lowest BCUT2D eigenvalue weighted by Crippen LogP contribution is -2.29. The number of anilines is 1. The molecule has 4 rings (SSSR count). The Morgan fingerprint density at radius 3 is 2.68 bits per heavy atom. The molecule has 0 spiro atoms. The molecule has 140 valence electrons. The van der Waals surface area contributed by atoms with E-state index in [2.05, 4.69) is 25.6 Å². The Balaban J connectivity index is 1.40. The van der Waals surface area contributed by atoms with Crippen molar-refractivity contribution in [1.29, 1.82) is 0 Å². The van der Waals surface area contributed by atoms with Crippen molar-refractivity contribution in [2.75, 3.05) is 5.32 Å². The average molecular weight is 377 g/mol. The molecule has 4 aromatic rings. The summed E-state index contributed by atoms with van der Waals surface area (Å²) in [6.07, 6.45) is 2.99. The lowest BCUT2D eigenvalue weighted by Gasteiger charge is -2.08. The Kier molecular flexibility index (Phi) is 4.50. The van der Waals surface area contributed by atoms with Crippen molar-refractivity contribution in [1.82, 2.24) is 29.4 Å². The third-order valence-electron chi connectivity index (χ3n) is 4.10. The highest BCUT2D eigenvalue weighted by Crippen LogP contribution is 2.19. The summed E-state index contributed by atoms with van der Waals surface area (Å²) in [6, 6.07) is 12.2. The van der Waals surface area contributed by atoms with Gasteiger partial charge in [0, 0.05) is 36.5 Å². The molecule has 0 radical (unpaired) electrons. The van der Waals surface area contributed by atoms with E-state index in [0.29, 0.717) is 11.3 Å². The molecule has 3 heterocycles. The van der Waals surface area contributed by atoms with Gasteiger partial charge < -0.3 is 9.88 Å². The van der Waals surface area contributed by atoms with Gasteiger partial charge in [-0.15, -0.1) is 10.2 Å². The highest BCUT2D eigenvalue weighted by Gasteiger charge is 2.06. The Morgan fingerprint density at radius 1 is 1.07 bits per heavy atom. The van der Waals surface area contributed by atoms with E-state index >= 15 is 0 Å². The van der Waals surface area contributed by atoms with Crippen LogP contribution in [-0.2, 0) is 11.3 Å². The molecule has 3 aromatic heterocycles. The maximum absolute atomic E-state index is 12.1. The summed E-state index contributed by atoms with van der Waals surface area (Å²) in [5.74, 6) is -0.241. The highest BCUT2D eigenvalue weighted by atomic mass is 16.2. The van der Waals surface area contributed by atoms with Crippen LogP contribution >= 0.6 is 0 Å². The number of aryl methyl sites for hydroxylation is 1. The molecule has 0 aliphatic heterocycles. The zero-order chi connectivity index (χ0) is 19.5. The second kappa shape index (κ2) is 7.27. The number of amides is 1. The minimum Gasteiger partial charge on any atom is -0.326 e. The number of rotatable bonds is 5. The zero-order valence-corrected chi connectivity index (χ0v) is 14.6. The number of benzene rings is 1. The van der Waals surface area contributed by atoms with Gasteiger partial charge in [0.25, 0.3) is 5.56 Å². The fourth-order valence-electron chi connectivity index (χ4n) is 2.67. The largest absolute Gasteiger partial charge is 0.328 e. The number of hydrogen-bond acceptors (Lipinski definition) is 6. The monoisotopic (exact) mass is 377 g/mol. The van der Waals surface area contributed by atoms with Gasteiger partial charge >= 0.3 is 5.69 Å². The molecule has 0 fully saturated rings. The van der Waals surface area contributed by atoms with E-state index in [-0.39, 0.29) is 18.9 Å². The van der Waals surface area contributed by atoms with Gasteiger partial charge in [0.2, 0.25) is 5.91 Å². The number of H-pyrrole nitrogens is 1. The van der Waals surface area contributed by atoms with E-state index in [1.807, 2.05) is 24.3 Å². The van der Waals surface area contributed by atoms with Crippen molar-refractivity contribution < 1.29 is 4.79 Å². The molecule has 0 bridgehead atoms. The van der Waals surface area contributed by atoms with Gasteiger partial charge in [-0.1, -0.05) is 12.1 Å². The van der Waals surface area contributed by atoms with Crippen LogP contribution in [0.1, 0.15) is 6.42 Å². The maximum atomic E-state index is 12.1. The Bertz CT molecular complexity index is 1250. The number of nitrogens with one attached hydrogen (secondary N) is 2. The first-order valence-electron chi connectivity index (χ1n) is 8.46. The van der Waals surface area contributed by atoms with E-state index in [0.717, 1.165) is 11.3 Å². The summed E-state index contributed by atoms with van der Waals surface area (Å²) in [4.78, 5) is 36.9. The summed E-state index contributed by atoms with van der Waals surface area (Å²) in [6.45, 7) is 0.169. The summed E-state index contributed by atoms with van der Waals surface area (Å²) in [7, 11) is 0. The third-order valence-corrected chi connectivity index (χ3v) is 4.10. The second-order valence-electron chi connectivity index (χ2n) is 6.03. The normalized spacial score (nSPS) is 10.9. The summed E-state index contributed by atoms with van der Waals surface area (Å²) in [5.41, 5.74) is 1.92. The van der Waals surface area contributed by atoms with Crippen molar-refractivity contribution in [3.63, 3.8) is 0 Å².